The molecule has 1 atom stereocenters. The van der Waals surface area contributed by atoms with Crippen LogP contribution in [0.15, 0.2) is 24.3 Å². The van der Waals surface area contributed by atoms with E-state index in [1.807, 2.05) is 17.0 Å². The van der Waals surface area contributed by atoms with Crippen molar-refractivity contribution in [1.29, 1.82) is 0 Å². The molecule has 0 bridgehead atoms. The summed E-state index contributed by atoms with van der Waals surface area (Å²) in [7, 11) is 0. The highest BCUT2D eigenvalue weighted by Crippen LogP contribution is 2.23. The summed E-state index contributed by atoms with van der Waals surface area (Å²) in [5.41, 5.74) is 6.95. The zero-order valence-corrected chi connectivity index (χ0v) is 10.5. The maximum Gasteiger partial charge on any atom is 0.256 e. The van der Waals surface area contributed by atoms with Crippen LogP contribution in [0.4, 0.5) is 5.69 Å². The van der Waals surface area contributed by atoms with Gasteiger partial charge in [-0.15, -0.1) is 0 Å². The second-order valence-electron chi connectivity index (χ2n) is 4.75. The fraction of sp³-hybridized carbons (Fsp3) is 0.500. The zero-order valence-electron chi connectivity index (χ0n) is 10.5. The molecule has 2 rings (SSSR count). The van der Waals surface area contributed by atoms with Gasteiger partial charge in [-0.3, -0.25) is 4.79 Å². The maximum absolute atomic E-state index is 12.5. The Balaban J connectivity index is 2.18. The SMILES string of the molecule is Nc1ccccc1C(=O)N1CCCC[C@H]1CCO. The minimum Gasteiger partial charge on any atom is -0.398 e. The Kier molecular flexibility index (Phi) is 4.20. The quantitative estimate of drug-likeness (QED) is 0.799. The fourth-order valence-electron chi connectivity index (χ4n) is 2.56. The van der Waals surface area contributed by atoms with Gasteiger partial charge in [-0.2, -0.15) is 0 Å². The summed E-state index contributed by atoms with van der Waals surface area (Å²) in [5, 5.41) is 9.08. The van der Waals surface area contributed by atoms with Gasteiger partial charge in [0.1, 0.15) is 0 Å². The van der Waals surface area contributed by atoms with E-state index in [-0.39, 0.29) is 18.6 Å². The number of aliphatic hydroxyl groups excluding tert-OH is 1. The fourth-order valence-corrected chi connectivity index (χ4v) is 2.56. The summed E-state index contributed by atoms with van der Waals surface area (Å²) in [4.78, 5) is 14.3. The second-order valence-corrected chi connectivity index (χ2v) is 4.75. The molecule has 18 heavy (non-hydrogen) atoms. The third kappa shape index (κ3) is 2.64. The summed E-state index contributed by atoms with van der Waals surface area (Å²) in [6.07, 6.45) is 3.77. The Morgan fingerprint density at radius 2 is 2.17 bits per heavy atom. The van der Waals surface area contributed by atoms with Crippen LogP contribution in [-0.2, 0) is 0 Å². The van der Waals surface area contributed by atoms with E-state index in [1.165, 1.54) is 0 Å². The van der Waals surface area contributed by atoms with E-state index in [0.29, 0.717) is 17.7 Å². The van der Waals surface area contributed by atoms with Crippen LogP contribution in [0.5, 0.6) is 0 Å². The minimum absolute atomic E-state index is 0.00810. The highest BCUT2D eigenvalue weighted by Gasteiger charge is 2.27. The van der Waals surface area contributed by atoms with Gasteiger partial charge < -0.3 is 15.7 Å². The molecule has 0 saturated carbocycles. The van der Waals surface area contributed by atoms with E-state index in [2.05, 4.69) is 0 Å². The van der Waals surface area contributed by atoms with Crippen molar-refractivity contribution in [1.82, 2.24) is 4.90 Å². The van der Waals surface area contributed by atoms with E-state index in [4.69, 9.17) is 10.8 Å². The lowest BCUT2D eigenvalue weighted by Crippen LogP contribution is -2.44. The molecular formula is C14H20N2O2. The molecule has 0 aromatic heterocycles. The number of nitrogen functional groups attached to an aromatic ring is 1. The van der Waals surface area contributed by atoms with Crippen LogP contribution in [0.1, 0.15) is 36.0 Å². The van der Waals surface area contributed by atoms with Crippen molar-refractivity contribution in [3.63, 3.8) is 0 Å². The number of nitrogens with zero attached hydrogens (tertiary/aromatic N) is 1. The minimum atomic E-state index is -0.00810. The molecule has 1 aromatic carbocycles. The number of anilines is 1. The van der Waals surface area contributed by atoms with Gasteiger partial charge in [0, 0.05) is 24.9 Å². The topological polar surface area (TPSA) is 66.6 Å². The zero-order chi connectivity index (χ0) is 13.0. The monoisotopic (exact) mass is 248 g/mol. The Bertz CT molecular complexity index is 418. The molecule has 0 radical (unpaired) electrons. The third-order valence-electron chi connectivity index (χ3n) is 3.54. The van der Waals surface area contributed by atoms with Crippen molar-refractivity contribution in [3.05, 3.63) is 29.8 Å². The van der Waals surface area contributed by atoms with Crippen LogP contribution >= 0.6 is 0 Å². The Morgan fingerprint density at radius 1 is 1.39 bits per heavy atom. The summed E-state index contributed by atoms with van der Waals surface area (Å²) in [6, 6.07) is 7.32. The number of hydrogen-bond acceptors (Lipinski definition) is 3. The molecule has 0 aliphatic carbocycles. The van der Waals surface area contributed by atoms with Crippen molar-refractivity contribution in [2.75, 3.05) is 18.9 Å². The normalized spacial score (nSPS) is 19.8. The molecule has 1 fully saturated rings. The first-order valence-electron chi connectivity index (χ1n) is 6.50. The lowest BCUT2D eigenvalue weighted by Gasteiger charge is -2.35. The molecular weight excluding hydrogens is 228 g/mol. The number of nitrogens with two attached hydrogens (primary N) is 1. The van der Waals surface area contributed by atoms with Gasteiger partial charge in [0.2, 0.25) is 0 Å². The lowest BCUT2D eigenvalue weighted by atomic mass is 9.98. The van der Waals surface area contributed by atoms with Gasteiger partial charge in [-0.25, -0.2) is 0 Å². The first kappa shape index (κ1) is 12.9. The molecule has 0 unspecified atom stereocenters. The summed E-state index contributed by atoms with van der Waals surface area (Å²) in [5.74, 6) is -0.00810. The van der Waals surface area contributed by atoms with E-state index in [1.54, 1.807) is 12.1 Å². The molecule has 1 aromatic rings. The predicted molar refractivity (Wildman–Crippen MR) is 71.2 cm³/mol. The average Bonchev–Trinajstić information content (AvgIpc) is 2.40. The van der Waals surface area contributed by atoms with Crippen molar-refractivity contribution in [3.8, 4) is 0 Å². The number of aliphatic hydroxyl groups is 1. The lowest BCUT2D eigenvalue weighted by molar-refractivity contribution is 0.0575. The number of benzene rings is 1. The van der Waals surface area contributed by atoms with Gasteiger partial charge in [0.25, 0.3) is 5.91 Å². The average molecular weight is 248 g/mol. The van der Waals surface area contributed by atoms with Crippen molar-refractivity contribution < 1.29 is 9.90 Å². The van der Waals surface area contributed by atoms with Gasteiger partial charge in [0.15, 0.2) is 0 Å². The summed E-state index contributed by atoms with van der Waals surface area (Å²) >= 11 is 0. The second kappa shape index (κ2) is 5.87. The number of piperidine rings is 1. The van der Waals surface area contributed by atoms with Crippen LogP contribution in [0.3, 0.4) is 0 Å². The predicted octanol–water partition coefficient (Wildman–Crippen LogP) is 1.65. The molecule has 4 nitrogen and oxygen atoms in total. The van der Waals surface area contributed by atoms with Crippen LogP contribution in [0.2, 0.25) is 0 Å². The highest BCUT2D eigenvalue weighted by atomic mass is 16.3. The molecule has 3 N–H and O–H groups in total. The summed E-state index contributed by atoms with van der Waals surface area (Å²) in [6.45, 7) is 0.885. The maximum atomic E-state index is 12.5. The number of para-hydroxylation sites is 1. The number of amides is 1. The summed E-state index contributed by atoms with van der Waals surface area (Å²) < 4.78 is 0. The molecule has 1 heterocycles. The van der Waals surface area contributed by atoms with Gasteiger partial charge in [-0.1, -0.05) is 12.1 Å². The number of rotatable bonds is 3. The van der Waals surface area contributed by atoms with Crippen LogP contribution in [0, 0.1) is 0 Å². The smallest absolute Gasteiger partial charge is 0.256 e. The number of carbonyl (C=O) groups excluding carboxylic acids is 1. The van der Waals surface area contributed by atoms with Crippen molar-refractivity contribution in [2.45, 2.75) is 31.7 Å². The Labute approximate surface area is 107 Å². The van der Waals surface area contributed by atoms with E-state index in [9.17, 15) is 4.79 Å². The molecule has 1 aliphatic heterocycles. The number of hydrogen-bond donors (Lipinski definition) is 2. The Hall–Kier alpha value is -1.55. The Morgan fingerprint density at radius 3 is 2.89 bits per heavy atom. The van der Waals surface area contributed by atoms with Crippen molar-refractivity contribution in [2.24, 2.45) is 0 Å². The highest BCUT2D eigenvalue weighted by molar-refractivity contribution is 5.99. The number of likely N-dealkylation sites (tertiary alicyclic amines) is 1. The van der Waals surface area contributed by atoms with Gasteiger partial charge in [-0.05, 0) is 37.8 Å². The van der Waals surface area contributed by atoms with E-state index < -0.39 is 0 Å². The van der Waals surface area contributed by atoms with Crippen molar-refractivity contribution >= 4 is 11.6 Å². The molecule has 1 amide bonds. The van der Waals surface area contributed by atoms with Gasteiger partial charge >= 0.3 is 0 Å². The molecule has 98 valence electrons. The van der Waals surface area contributed by atoms with E-state index >= 15 is 0 Å². The number of carbonyl (C=O) groups is 1. The first-order valence-corrected chi connectivity index (χ1v) is 6.50. The molecule has 4 heteroatoms. The third-order valence-corrected chi connectivity index (χ3v) is 3.54. The molecule has 0 spiro atoms. The first-order chi connectivity index (χ1) is 8.74. The molecule has 1 saturated heterocycles. The van der Waals surface area contributed by atoms with E-state index in [0.717, 1.165) is 25.8 Å². The van der Waals surface area contributed by atoms with Gasteiger partial charge in [0.05, 0.1) is 5.56 Å². The molecule has 1 aliphatic rings. The van der Waals surface area contributed by atoms with Crippen LogP contribution < -0.4 is 5.73 Å². The standard InChI is InChI=1S/C14H20N2O2/c15-13-7-2-1-6-12(13)14(18)16-9-4-3-5-11(16)8-10-17/h1-2,6-7,11,17H,3-5,8-10,15H2/t11-/m0/s1. The largest absolute Gasteiger partial charge is 0.398 e. The van der Waals surface area contributed by atoms with Crippen LogP contribution in [0.25, 0.3) is 0 Å². The van der Waals surface area contributed by atoms with Crippen LogP contribution in [-0.4, -0.2) is 35.1 Å².